The first kappa shape index (κ1) is 18.5. The average molecular weight is 357 g/mol. The second kappa shape index (κ2) is 10.2. The quantitative estimate of drug-likeness (QED) is 0.353. The van der Waals surface area contributed by atoms with Gasteiger partial charge in [0, 0.05) is 18.0 Å². The van der Waals surface area contributed by atoms with Crippen LogP contribution in [0, 0.1) is 6.92 Å². The Hall–Kier alpha value is -1.58. The molecular formula is C13H20N6S3. The highest BCUT2D eigenvalue weighted by Crippen LogP contribution is 2.15. The Balaban J connectivity index is 2.78. The van der Waals surface area contributed by atoms with Crippen LogP contribution in [0.2, 0.25) is 0 Å². The zero-order valence-corrected chi connectivity index (χ0v) is 15.2. The molecule has 4 N–H and O–H groups in total. The molecule has 0 amide bonds. The van der Waals surface area contributed by atoms with Gasteiger partial charge in [0.2, 0.25) is 0 Å². The zero-order chi connectivity index (χ0) is 16.4. The summed E-state index contributed by atoms with van der Waals surface area (Å²) in [6.45, 7) is 7.45. The third-order valence-electron chi connectivity index (χ3n) is 2.30. The summed E-state index contributed by atoms with van der Waals surface area (Å²) in [5, 5.41) is 15.2. The Labute approximate surface area is 145 Å². The molecule has 120 valence electrons. The number of thiophene rings is 1. The highest BCUT2D eigenvalue weighted by Gasteiger charge is 2.05. The van der Waals surface area contributed by atoms with Gasteiger partial charge in [-0.1, -0.05) is 0 Å². The van der Waals surface area contributed by atoms with Crippen molar-refractivity contribution in [1.82, 2.24) is 21.5 Å². The summed E-state index contributed by atoms with van der Waals surface area (Å²) < 4.78 is 0. The molecule has 1 heterocycles. The van der Waals surface area contributed by atoms with Crippen LogP contribution in [0.15, 0.2) is 22.3 Å². The number of hydrazone groups is 2. The van der Waals surface area contributed by atoms with Gasteiger partial charge in [-0.3, -0.25) is 10.9 Å². The molecule has 1 rings (SSSR count). The summed E-state index contributed by atoms with van der Waals surface area (Å²) in [5.41, 5.74) is 6.21. The van der Waals surface area contributed by atoms with Crippen LogP contribution < -0.4 is 21.5 Å². The number of hydrogen-bond acceptors (Lipinski definition) is 5. The number of thiocarbonyl (C=S) groups is 2. The molecular weight excluding hydrogens is 336 g/mol. The van der Waals surface area contributed by atoms with Crippen molar-refractivity contribution < 1.29 is 0 Å². The normalized spacial score (nSPS) is 11.3. The molecule has 0 aliphatic heterocycles. The van der Waals surface area contributed by atoms with Crippen LogP contribution in [0.25, 0.3) is 0 Å². The van der Waals surface area contributed by atoms with Crippen LogP contribution in [-0.2, 0) is 0 Å². The number of nitrogens with one attached hydrogen (secondary N) is 4. The fourth-order valence-electron chi connectivity index (χ4n) is 1.38. The molecule has 9 heteroatoms. The molecule has 0 aromatic carbocycles. The lowest BCUT2D eigenvalue weighted by Gasteiger charge is -2.05. The largest absolute Gasteiger partial charge is 0.362 e. The van der Waals surface area contributed by atoms with Crippen molar-refractivity contribution in [3.05, 3.63) is 21.9 Å². The van der Waals surface area contributed by atoms with Crippen LogP contribution in [-0.4, -0.2) is 35.2 Å². The van der Waals surface area contributed by atoms with Gasteiger partial charge in [0.25, 0.3) is 0 Å². The molecule has 0 radical (unpaired) electrons. The highest BCUT2D eigenvalue weighted by atomic mass is 32.1. The Morgan fingerprint density at radius 2 is 1.77 bits per heavy atom. The Bertz CT molecular complexity index is 564. The van der Waals surface area contributed by atoms with E-state index in [1.165, 1.54) is 4.88 Å². The van der Waals surface area contributed by atoms with Crippen molar-refractivity contribution in [1.29, 1.82) is 0 Å². The van der Waals surface area contributed by atoms with Crippen LogP contribution in [0.3, 0.4) is 0 Å². The SMILES string of the molecule is CCNC(=S)N/N=C(/C=N/NC(=S)NCC)c1ccc(C)s1. The molecule has 1 aromatic heterocycles. The summed E-state index contributed by atoms with van der Waals surface area (Å²) in [5.74, 6) is 0. The molecule has 6 nitrogen and oxygen atoms in total. The molecule has 0 atom stereocenters. The van der Waals surface area contributed by atoms with E-state index in [2.05, 4.69) is 31.7 Å². The fourth-order valence-corrected chi connectivity index (χ4v) is 2.59. The van der Waals surface area contributed by atoms with Crippen LogP contribution in [0.5, 0.6) is 0 Å². The van der Waals surface area contributed by atoms with Gasteiger partial charge in [0.05, 0.1) is 11.1 Å². The molecule has 0 spiro atoms. The minimum absolute atomic E-state index is 0.469. The molecule has 0 aliphatic carbocycles. The average Bonchev–Trinajstić information content (AvgIpc) is 2.89. The van der Waals surface area contributed by atoms with E-state index in [4.69, 9.17) is 24.4 Å². The first-order valence-electron chi connectivity index (χ1n) is 6.82. The summed E-state index contributed by atoms with van der Waals surface area (Å²) in [4.78, 5) is 2.19. The van der Waals surface area contributed by atoms with E-state index in [1.54, 1.807) is 17.6 Å². The van der Waals surface area contributed by atoms with Gasteiger partial charge < -0.3 is 10.6 Å². The van der Waals surface area contributed by atoms with Crippen molar-refractivity contribution in [2.24, 2.45) is 10.2 Å². The van der Waals surface area contributed by atoms with Gasteiger partial charge in [0.15, 0.2) is 10.2 Å². The van der Waals surface area contributed by atoms with Crippen molar-refractivity contribution in [2.75, 3.05) is 13.1 Å². The van der Waals surface area contributed by atoms with E-state index in [0.29, 0.717) is 15.9 Å². The van der Waals surface area contributed by atoms with Crippen LogP contribution >= 0.6 is 35.8 Å². The highest BCUT2D eigenvalue weighted by molar-refractivity contribution is 7.80. The molecule has 0 bridgehead atoms. The maximum absolute atomic E-state index is 5.10. The maximum atomic E-state index is 5.10. The molecule has 0 unspecified atom stereocenters. The summed E-state index contributed by atoms with van der Waals surface area (Å²) >= 11 is 11.8. The second-order valence-corrected chi connectivity index (χ2v) is 6.21. The van der Waals surface area contributed by atoms with E-state index in [0.717, 1.165) is 18.0 Å². The van der Waals surface area contributed by atoms with Crippen molar-refractivity contribution >= 4 is 57.9 Å². The van der Waals surface area contributed by atoms with E-state index >= 15 is 0 Å². The minimum Gasteiger partial charge on any atom is -0.362 e. The number of rotatable bonds is 6. The van der Waals surface area contributed by atoms with Crippen LogP contribution in [0.1, 0.15) is 23.6 Å². The number of hydrogen-bond donors (Lipinski definition) is 4. The monoisotopic (exact) mass is 356 g/mol. The van der Waals surface area contributed by atoms with Gasteiger partial charge in [-0.25, -0.2) is 0 Å². The third kappa shape index (κ3) is 6.92. The lowest BCUT2D eigenvalue weighted by molar-refractivity contribution is 0.900. The fraction of sp³-hybridized carbons (Fsp3) is 0.385. The molecule has 0 saturated heterocycles. The predicted octanol–water partition coefficient (Wildman–Crippen LogP) is 1.71. The van der Waals surface area contributed by atoms with Crippen molar-refractivity contribution in [3.63, 3.8) is 0 Å². The van der Waals surface area contributed by atoms with Crippen LogP contribution in [0.4, 0.5) is 0 Å². The Morgan fingerprint density at radius 3 is 2.32 bits per heavy atom. The summed E-state index contributed by atoms with van der Waals surface area (Å²) in [6, 6.07) is 4.02. The Kier molecular flexibility index (Phi) is 8.56. The smallest absolute Gasteiger partial charge is 0.186 e. The first-order chi connectivity index (χ1) is 10.6. The Morgan fingerprint density at radius 1 is 1.14 bits per heavy atom. The predicted molar refractivity (Wildman–Crippen MR) is 103 cm³/mol. The molecule has 0 saturated carbocycles. The lowest BCUT2D eigenvalue weighted by atomic mass is 10.3. The number of aryl methyl sites for hydroxylation is 1. The maximum Gasteiger partial charge on any atom is 0.186 e. The van der Waals surface area contributed by atoms with Crippen molar-refractivity contribution in [2.45, 2.75) is 20.8 Å². The minimum atomic E-state index is 0.469. The van der Waals surface area contributed by atoms with Gasteiger partial charge in [-0.2, -0.15) is 10.2 Å². The van der Waals surface area contributed by atoms with Gasteiger partial charge in [-0.15, -0.1) is 11.3 Å². The summed E-state index contributed by atoms with van der Waals surface area (Å²) in [6.07, 6.45) is 1.61. The van der Waals surface area contributed by atoms with E-state index < -0.39 is 0 Å². The topological polar surface area (TPSA) is 72.8 Å². The van der Waals surface area contributed by atoms with E-state index in [9.17, 15) is 0 Å². The van der Waals surface area contributed by atoms with E-state index in [1.807, 2.05) is 32.9 Å². The summed E-state index contributed by atoms with van der Waals surface area (Å²) in [7, 11) is 0. The second-order valence-electron chi connectivity index (χ2n) is 4.11. The molecule has 0 aliphatic rings. The first-order valence-corrected chi connectivity index (χ1v) is 8.45. The van der Waals surface area contributed by atoms with Crippen molar-refractivity contribution in [3.8, 4) is 0 Å². The van der Waals surface area contributed by atoms with Gasteiger partial charge in [0.1, 0.15) is 5.71 Å². The van der Waals surface area contributed by atoms with E-state index in [-0.39, 0.29) is 0 Å². The zero-order valence-electron chi connectivity index (χ0n) is 12.8. The molecule has 22 heavy (non-hydrogen) atoms. The number of nitrogens with zero attached hydrogens (tertiary/aromatic N) is 2. The third-order valence-corrected chi connectivity index (χ3v) is 3.79. The standard InChI is InChI=1S/C13H20N6S3/c1-4-14-12(20)18-16-8-10(11-7-6-9(3)22-11)17-19-13(21)15-5-2/h6-8H,4-5H2,1-3H3,(H2,14,18,20)(H2,15,19,21)/b16-8+,17-10-. The lowest BCUT2D eigenvalue weighted by Crippen LogP contribution is -2.33. The van der Waals surface area contributed by atoms with Gasteiger partial charge in [-0.05, 0) is 57.3 Å². The molecule has 1 aromatic rings. The van der Waals surface area contributed by atoms with Gasteiger partial charge >= 0.3 is 0 Å². The molecule has 0 fully saturated rings.